The smallest absolute Gasteiger partial charge is 0.238 e. The number of primary sulfonamides is 1. The lowest BCUT2D eigenvalue weighted by Crippen LogP contribution is -2.25. The lowest BCUT2D eigenvalue weighted by molar-refractivity contribution is 0.176. The van der Waals surface area contributed by atoms with Crippen LogP contribution in [0.5, 0.6) is 0 Å². The van der Waals surface area contributed by atoms with E-state index in [1.54, 1.807) is 12.1 Å². The third-order valence-electron chi connectivity index (χ3n) is 3.07. The maximum absolute atomic E-state index is 11.2. The van der Waals surface area contributed by atoms with Gasteiger partial charge in [0.1, 0.15) is 0 Å². The van der Waals surface area contributed by atoms with Crippen molar-refractivity contribution in [3.8, 4) is 0 Å². The Bertz CT molecular complexity index is 598. The largest absolute Gasteiger partial charge is 0.390 e. The molecule has 1 aliphatic heterocycles. The minimum atomic E-state index is -3.67. The molecule has 0 radical (unpaired) electrons. The van der Waals surface area contributed by atoms with Crippen LogP contribution >= 0.6 is 0 Å². The molecule has 0 bridgehead atoms. The summed E-state index contributed by atoms with van der Waals surface area (Å²) in [6.45, 7) is 3.62. The number of nitrogens with one attached hydrogen (secondary N) is 2. The van der Waals surface area contributed by atoms with Gasteiger partial charge in [0.25, 0.3) is 0 Å². The van der Waals surface area contributed by atoms with Gasteiger partial charge in [-0.25, -0.2) is 18.5 Å². The van der Waals surface area contributed by atoms with Gasteiger partial charge in [0.2, 0.25) is 15.9 Å². The second-order valence-electron chi connectivity index (χ2n) is 4.79. The Kier molecular flexibility index (Phi) is 5.29. The monoisotopic (exact) mass is 312 g/mol. The average Bonchev–Trinajstić information content (AvgIpc) is 2.92. The summed E-state index contributed by atoms with van der Waals surface area (Å²) >= 11 is 0. The van der Waals surface area contributed by atoms with Crippen molar-refractivity contribution in [2.45, 2.75) is 30.8 Å². The van der Waals surface area contributed by atoms with E-state index in [0.717, 1.165) is 24.9 Å². The molecule has 8 heteroatoms. The number of nitrogens with two attached hydrogens (primary N) is 1. The van der Waals surface area contributed by atoms with E-state index < -0.39 is 10.0 Å². The highest BCUT2D eigenvalue weighted by atomic mass is 32.2. The van der Waals surface area contributed by atoms with Crippen LogP contribution in [0.15, 0.2) is 34.2 Å². The number of hydrogen-bond donors (Lipinski definition) is 3. The summed E-state index contributed by atoms with van der Waals surface area (Å²) < 4.78 is 22.4. The Morgan fingerprint density at radius 2 is 2.10 bits per heavy atom. The highest BCUT2D eigenvalue weighted by molar-refractivity contribution is 7.89. The Hall–Kier alpha value is -1.48. The summed E-state index contributed by atoms with van der Waals surface area (Å²) in [7, 11) is -3.67. The SMILES string of the molecule is CCCCNCC1=N[C@H](c2ccc(S(N)(=O)=O)cc2)NO1. The van der Waals surface area contributed by atoms with Crippen molar-refractivity contribution in [2.24, 2.45) is 10.1 Å². The summed E-state index contributed by atoms with van der Waals surface area (Å²) in [4.78, 5) is 9.76. The van der Waals surface area contributed by atoms with Crippen LogP contribution in [0.25, 0.3) is 0 Å². The second-order valence-corrected chi connectivity index (χ2v) is 6.35. The van der Waals surface area contributed by atoms with Crippen LogP contribution in [0.4, 0.5) is 0 Å². The van der Waals surface area contributed by atoms with Crippen molar-refractivity contribution in [3.63, 3.8) is 0 Å². The van der Waals surface area contributed by atoms with Crippen LogP contribution in [-0.2, 0) is 14.9 Å². The molecule has 0 aliphatic carbocycles. The molecule has 21 heavy (non-hydrogen) atoms. The minimum absolute atomic E-state index is 0.0793. The van der Waals surface area contributed by atoms with Gasteiger partial charge < -0.3 is 10.2 Å². The first-order chi connectivity index (χ1) is 10.0. The van der Waals surface area contributed by atoms with Gasteiger partial charge in [-0.05, 0) is 30.7 Å². The quantitative estimate of drug-likeness (QED) is 0.641. The molecule has 1 aromatic carbocycles. The van der Waals surface area contributed by atoms with Gasteiger partial charge >= 0.3 is 0 Å². The van der Waals surface area contributed by atoms with Crippen LogP contribution in [-0.4, -0.2) is 27.4 Å². The summed E-state index contributed by atoms with van der Waals surface area (Å²) in [6, 6.07) is 6.24. The molecule has 0 saturated heterocycles. The number of sulfonamides is 1. The molecule has 1 heterocycles. The van der Waals surface area contributed by atoms with Gasteiger partial charge in [-0.15, -0.1) is 5.48 Å². The molecule has 0 saturated carbocycles. The summed E-state index contributed by atoms with van der Waals surface area (Å²) in [6.07, 6.45) is 1.92. The molecule has 4 N–H and O–H groups in total. The fourth-order valence-corrected chi connectivity index (χ4v) is 2.40. The third-order valence-corrected chi connectivity index (χ3v) is 4.00. The lowest BCUT2D eigenvalue weighted by atomic mass is 10.2. The summed E-state index contributed by atoms with van der Waals surface area (Å²) in [5.41, 5.74) is 3.61. The van der Waals surface area contributed by atoms with Crippen LogP contribution in [0.1, 0.15) is 31.5 Å². The number of nitrogens with zero attached hydrogens (tertiary/aromatic N) is 1. The van der Waals surface area contributed by atoms with E-state index in [9.17, 15) is 8.42 Å². The zero-order valence-electron chi connectivity index (χ0n) is 11.9. The predicted octanol–water partition coefficient (Wildman–Crippen LogP) is 0.656. The van der Waals surface area contributed by atoms with E-state index in [-0.39, 0.29) is 11.1 Å². The number of hydroxylamine groups is 1. The molecule has 0 fully saturated rings. The van der Waals surface area contributed by atoms with Crippen molar-refractivity contribution < 1.29 is 13.3 Å². The van der Waals surface area contributed by atoms with Crippen molar-refractivity contribution in [3.05, 3.63) is 29.8 Å². The molecule has 0 spiro atoms. The maximum Gasteiger partial charge on any atom is 0.238 e. The third kappa shape index (κ3) is 4.50. The van der Waals surface area contributed by atoms with Crippen LogP contribution in [0.2, 0.25) is 0 Å². The molecule has 2 rings (SSSR count). The molecule has 116 valence electrons. The first kappa shape index (κ1) is 15.9. The van der Waals surface area contributed by atoms with Crippen molar-refractivity contribution in [1.29, 1.82) is 0 Å². The minimum Gasteiger partial charge on any atom is -0.390 e. The van der Waals surface area contributed by atoms with Crippen LogP contribution in [0.3, 0.4) is 0 Å². The van der Waals surface area contributed by atoms with Gasteiger partial charge in [0, 0.05) is 0 Å². The van der Waals surface area contributed by atoms with E-state index in [0.29, 0.717) is 12.4 Å². The fourth-order valence-electron chi connectivity index (χ4n) is 1.88. The average molecular weight is 312 g/mol. The molecule has 0 aromatic heterocycles. The number of rotatable bonds is 7. The van der Waals surface area contributed by atoms with E-state index >= 15 is 0 Å². The topological polar surface area (TPSA) is 106 Å². The standard InChI is InChI=1S/C13H20N4O3S/c1-2-3-8-15-9-12-16-13(17-20-12)10-4-6-11(7-5-10)21(14,18)19/h4-7,13,15,17H,2-3,8-9H2,1H3,(H2,14,18,19)/t13-/m0/s1. The van der Waals surface area contributed by atoms with Crippen molar-refractivity contribution in [2.75, 3.05) is 13.1 Å². The fraction of sp³-hybridized carbons (Fsp3) is 0.462. The first-order valence-electron chi connectivity index (χ1n) is 6.83. The summed E-state index contributed by atoms with van der Waals surface area (Å²) in [5.74, 6) is 0.589. The second kappa shape index (κ2) is 6.99. The first-order valence-corrected chi connectivity index (χ1v) is 8.38. The molecule has 1 aliphatic rings. The Morgan fingerprint density at radius 3 is 2.71 bits per heavy atom. The lowest BCUT2D eigenvalue weighted by Gasteiger charge is -2.06. The number of benzene rings is 1. The van der Waals surface area contributed by atoms with Gasteiger partial charge in [-0.2, -0.15) is 0 Å². The zero-order valence-corrected chi connectivity index (χ0v) is 12.7. The Labute approximate surface area is 124 Å². The number of hydrogen-bond acceptors (Lipinski definition) is 6. The van der Waals surface area contributed by atoms with Crippen LogP contribution in [0, 0.1) is 0 Å². The van der Waals surface area contributed by atoms with E-state index in [1.807, 2.05) is 0 Å². The molecule has 7 nitrogen and oxygen atoms in total. The Morgan fingerprint density at radius 1 is 1.38 bits per heavy atom. The van der Waals surface area contributed by atoms with Crippen LogP contribution < -0.4 is 15.9 Å². The normalized spacial score (nSPS) is 18.4. The highest BCUT2D eigenvalue weighted by Crippen LogP contribution is 2.20. The van der Waals surface area contributed by atoms with E-state index in [2.05, 4.69) is 22.7 Å². The highest BCUT2D eigenvalue weighted by Gasteiger charge is 2.20. The zero-order chi connectivity index (χ0) is 15.3. The molecule has 1 atom stereocenters. The van der Waals surface area contributed by atoms with Gasteiger partial charge in [-0.3, -0.25) is 0 Å². The summed E-state index contributed by atoms with van der Waals surface area (Å²) in [5, 5.41) is 8.30. The van der Waals surface area contributed by atoms with Crippen molar-refractivity contribution >= 4 is 15.9 Å². The van der Waals surface area contributed by atoms with Gasteiger partial charge in [0.15, 0.2) is 6.17 Å². The van der Waals surface area contributed by atoms with Crippen molar-refractivity contribution in [1.82, 2.24) is 10.8 Å². The number of unbranched alkanes of at least 4 members (excludes halogenated alkanes) is 1. The van der Waals surface area contributed by atoms with E-state index in [1.165, 1.54) is 12.1 Å². The predicted molar refractivity (Wildman–Crippen MR) is 80.0 cm³/mol. The molecular formula is C13H20N4O3S. The van der Waals surface area contributed by atoms with E-state index in [4.69, 9.17) is 9.98 Å². The molecular weight excluding hydrogens is 292 g/mol. The molecule has 0 unspecified atom stereocenters. The molecule has 0 amide bonds. The number of aliphatic imine (C=N–C) groups is 1. The van der Waals surface area contributed by atoms with Gasteiger partial charge in [0.05, 0.1) is 11.4 Å². The molecule has 1 aromatic rings. The maximum atomic E-state index is 11.2. The Balaban J connectivity index is 1.95. The van der Waals surface area contributed by atoms with Gasteiger partial charge in [-0.1, -0.05) is 25.5 Å².